The van der Waals surface area contributed by atoms with Crippen LogP contribution in [0.4, 0.5) is 0 Å². The molecule has 3 aromatic rings. The second-order valence-corrected chi connectivity index (χ2v) is 13.8. The lowest BCUT2D eigenvalue weighted by Crippen LogP contribution is -2.41. The fraction of sp³-hybridized carbons (Fsp3) is 0.471. The Morgan fingerprint density at radius 2 is 0.650 bits per heavy atom. The molecule has 210 valence electrons. The van der Waals surface area contributed by atoms with E-state index in [1.54, 1.807) is 0 Å². The number of rotatable bonds is 4. The van der Waals surface area contributed by atoms with Gasteiger partial charge in [0, 0.05) is 0 Å². The SMILES string of the molecule is Cc1cc(B2OC(C)(C)C(C)(C)O2)cc(C)c1-c1ccc(-c2c(C)cc(B3OC(C)(C)C(C)(C)O3)cc2C)cc1. The highest BCUT2D eigenvalue weighted by Gasteiger charge is 2.52. The van der Waals surface area contributed by atoms with Gasteiger partial charge in [-0.2, -0.15) is 0 Å². The summed E-state index contributed by atoms with van der Waals surface area (Å²) in [6.45, 7) is 25.5. The zero-order valence-electron chi connectivity index (χ0n) is 26.4. The highest BCUT2D eigenvalue weighted by Crippen LogP contribution is 2.39. The minimum absolute atomic E-state index is 0.354. The van der Waals surface area contributed by atoms with E-state index in [0.717, 1.165) is 10.9 Å². The van der Waals surface area contributed by atoms with Gasteiger partial charge >= 0.3 is 14.2 Å². The number of hydrogen-bond donors (Lipinski definition) is 0. The van der Waals surface area contributed by atoms with Gasteiger partial charge in [-0.3, -0.25) is 0 Å². The van der Waals surface area contributed by atoms with Gasteiger partial charge < -0.3 is 18.6 Å². The van der Waals surface area contributed by atoms with Crippen LogP contribution in [0.15, 0.2) is 48.5 Å². The van der Waals surface area contributed by atoms with Crippen molar-refractivity contribution in [2.24, 2.45) is 0 Å². The van der Waals surface area contributed by atoms with Crippen LogP contribution >= 0.6 is 0 Å². The molecule has 0 saturated carbocycles. The second-order valence-electron chi connectivity index (χ2n) is 13.8. The van der Waals surface area contributed by atoms with Crippen molar-refractivity contribution in [3.63, 3.8) is 0 Å². The van der Waals surface area contributed by atoms with Crippen LogP contribution in [0, 0.1) is 27.7 Å². The fourth-order valence-corrected chi connectivity index (χ4v) is 5.94. The van der Waals surface area contributed by atoms with E-state index in [0.29, 0.717) is 0 Å². The van der Waals surface area contributed by atoms with Crippen molar-refractivity contribution < 1.29 is 18.6 Å². The molecule has 0 atom stereocenters. The summed E-state index contributed by atoms with van der Waals surface area (Å²) < 4.78 is 25.3. The molecule has 40 heavy (non-hydrogen) atoms. The van der Waals surface area contributed by atoms with E-state index in [4.69, 9.17) is 18.6 Å². The summed E-state index contributed by atoms with van der Waals surface area (Å²) >= 11 is 0. The zero-order valence-corrected chi connectivity index (χ0v) is 26.4. The molecule has 2 aliphatic heterocycles. The van der Waals surface area contributed by atoms with Gasteiger partial charge in [0.05, 0.1) is 22.4 Å². The summed E-state index contributed by atoms with van der Waals surface area (Å²) in [6, 6.07) is 17.8. The van der Waals surface area contributed by atoms with Crippen LogP contribution < -0.4 is 10.9 Å². The summed E-state index contributed by atoms with van der Waals surface area (Å²) in [5, 5.41) is 0. The molecule has 2 saturated heterocycles. The quantitative estimate of drug-likeness (QED) is 0.341. The Bertz CT molecular complexity index is 1260. The number of aryl methyl sites for hydroxylation is 4. The molecule has 0 aromatic heterocycles. The Kier molecular flexibility index (Phi) is 6.99. The van der Waals surface area contributed by atoms with Gasteiger partial charge in [-0.05, 0) is 139 Å². The number of benzene rings is 3. The van der Waals surface area contributed by atoms with Gasteiger partial charge in [0.1, 0.15) is 0 Å². The third-order valence-electron chi connectivity index (χ3n) is 9.62. The summed E-state index contributed by atoms with van der Waals surface area (Å²) in [6.07, 6.45) is 0. The molecular formula is C34H44B2O4. The largest absolute Gasteiger partial charge is 0.494 e. The van der Waals surface area contributed by atoms with Gasteiger partial charge in [0.2, 0.25) is 0 Å². The maximum atomic E-state index is 6.32. The first-order chi connectivity index (χ1) is 18.4. The molecule has 0 radical (unpaired) electrons. The lowest BCUT2D eigenvalue weighted by molar-refractivity contribution is 0.00578. The zero-order chi connectivity index (χ0) is 29.4. The van der Waals surface area contributed by atoms with Crippen molar-refractivity contribution in [3.8, 4) is 22.3 Å². The van der Waals surface area contributed by atoms with Crippen LogP contribution in [-0.4, -0.2) is 36.6 Å². The first kappa shape index (κ1) is 29.1. The maximum Gasteiger partial charge on any atom is 0.494 e. The van der Waals surface area contributed by atoms with Gasteiger partial charge in [0.25, 0.3) is 0 Å². The Labute approximate surface area is 242 Å². The van der Waals surface area contributed by atoms with E-state index < -0.39 is 0 Å². The van der Waals surface area contributed by atoms with Gasteiger partial charge in [-0.25, -0.2) is 0 Å². The average Bonchev–Trinajstić information content (AvgIpc) is 3.18. The molecule has 6 heteroatoms. The van der Waals surface area contributed by atoms with Crippen LogP contribution in [0.1, 0.15) is 77.6 Å². The predicted molar refractivity (Wildman–Crippen MR) is 168 cm³/mol. The molecule has 0 bridgehead atoms. The Hall–Kier alpha value is -2.37. The molecular weight excluding hydrogens is 494 g/mol. The molecule has 2 aliphatic rings. The normalized spacial score (nSPS) is 20.8. The molecule has 2 heterocycles. The maximum absolute atomic E-state index is 6.32. The first-order valence-electron chi connectivity index (χ1n) is 14.5. The van der Waals surface area contributed by atoms with Crippen LogP contribution in [-0.2, 0) is 18.6 Å². The van der Waals surface area contributed by atoms with Crippen LogP contribution in [0.25, 0.3) is 22.3 Å². The summed E-state index contributed by atoms with van der Waals surface area (Å²) in [7, 11) is -0.713. The van der Waals surface area contributed by atoms with E-state index in [2.05, 4.69) is 132 Å². The monoisotopic (exact) mass is 538 g/mol. The van der Waals surface area contributed by atoms with Crippen molar-refractivity contribution in [3.05, 3.63) is 70.8 Å². The van der Waals surface area contributed by atoms with E-state index in [1.165, 1.54) is 44.5 Å². The van der Waals surface area contributed by atoms with E-state index >= 15 is 0 Å². The number of hydrogen-bond acceptors (Lipinski definition) is 4. The van der Waals surface area contributed by atoms with Crippen LogP contribution in [0.2, 0.25) is 0 Å². The molecule has 0 spiro atoms. The highest BCUT2D eigenvalue weighted by atomic mass is 16.7. The molecule has 0 amide bonds. The summed E-state index contributed by atoms with van der Waals surface area (Å²) in [5.41, 5.74) is 10.5. The fourth-order valence-electron chi connectivity index (χ4n) is 5.94. The summed E-state index contributed by atoms with van der Waals surface area (Å²) in [4.78, 5) is 0. The van der Waals surface area contributed by atoms with Gasteiger partial charge in [-0.15, -0.1) is 0 Å². The van der Waals surface area contributed by atoms with Gasteiger partial charge in [-0.1, -0.05) is 48.5 Å². The lowest BCUT2D eigenvalue weighted by Gasteiger charge is -2.32. The minimum Gasteiger partial charge on any atom is -0.399 e. The Balaban J connectivity index is 1.41. The topological polar surface area (TPSA) is 36.9 Å². The standard InChI is InChI=1S/C34H44B2O4/c1-21-17-27(35-37-31(5,6)32(7,8)38-35)18-22(2)29(21)25-13-15-26(16-14-25)30-23(3)19-28(20-24(30)4)36-39-33(9,10)34(11,12)40-36/h13-20H,1-12H3. The molecule has 2 fully saturated rings. The van der Waals surface area contributed by atoms with E-state index in [-0.39, 0.29) is 36.6 Å². The van der Waals surface area contributed by atoms with Gasteiger partial charge in [0.15, 0.2) is 0 Å². The lowest BCUT2D eigenvalue weighted by atomic mass is 9.75. The molecule has 4 nitrogen and oxygen atoms in total. The van der Waals surface area contributed by atoms with Crippen molar-refractivity contribution >= 4 is 25.2 Å². The second kappa shape index (κ2) is 9.59. The average molecular weight is 538 g/mol. The van der Waals surface area contributed by atoms with E-state index in [9.17, 15) is 0 Å². The van der Waals surface area contributed by atoms with Crippen LogP contribution in [0.5, 0.6) is 0 Å². The highest BCUT2D eigenvalue weighted by molar-refractivity contribution is 6.62. The van der Waals surface area contributed by atoms with E-state index in [1.807, 2.05) is 0 Å². The third kappa shape index (κ3) is 4.87. The smallest absolute Gasteiger partial charge is 0.399 e. The first-order valence-corrected chi connectivity index (χ1v) is 14.5. The van der Waals surface area contributed by atoms with Crippen LogP contribution in [0.3, 0.4) is 0 Å². The Morgan fingerprint density at radius 3 is 0.875 bits per heavy atom. The summed E-state index contributed by atoms with van der Waals surface area (Å²) in [5.74, 6) is 0. The minimum atomic E-state index is -0.357. The molecule has 0 N–H and O–H groups in total. The molecule has 0 aliphatic carbocycles. The predicted octanol–water partition coefficient (Wildman–Crippen LogP) is 6.85. The van der Waals surface area contributed by atoms with Crippen molar-refractivity contribution in [2.45, 2.75) is 105 Å². The molecule has 0 unspecified atom stereocenters. The van der Waals surface area contributed by atoms with Crippen molar-refractivity contribution in [2.75, 3.05) is 0 Å². The molecule has 3 aromatic carbocycles. The third-order valence-corrected chi connectivity index (χ3v) is 9.62. The van der Waals surface area contributed by atoms with Crippen molar-refractivity contribution in [1.82, 2.24) is 0 Å². The van der Waals surface area contributed by atoms with Crippen molar-refractivity contribution in [1.29, 1.82) is 0 Å². The Morgan fingerprint density at radius 1 is 0.425 bits per heavy atom. The molecule has 5 rings (SSSR count).